The third kappa shape index (κ3) is 4.71. The third-order valence-electron chi connectivity index (χ3n) is 9.88. The van der Waals surface area contributed by atoms with E-state index in [4.69, 9.17) is 15.0 Å². The molecule has 0 aliphatic carbocycles. The minimum absolute atomic E-state index is 0.648. The molecule has 3 heteroatoms. The topological polar surface area (TPSA) is 38.7 Å². The molecule has 0 saturated carbocycles. The van der Waals surface area contributed by atoms with Gasteiger partial charge >= 0.3 is 0 Å². The third-order valence-corrected chi connectivity index (χ3v) is 9.88. The molecule has 10 aromatic rings. The molecular weight excluding hydrogens is 607 g/mol. The fourth-order valence-corrected chi connectivity index (χ4v) is 7.40. The normalized spacial score (nSPS) is 11.6. The zero-order chi connectivity index (χ0) is 33.0. The van der Waals surface area contributed by atoms with Gasteiger partial charge in [-0.05, 0) is 77.1 Å². The van der Waals surface area contributed by atoms with E-state index >= 15 is 0 Å². The lowest BCUT2D eigenvalue weighted by atomic mass is 9.89. The highest BCUT2D eigenvalue weighted by molar-refractivity contribution is 6.27. The molecule has 50 heavy (non-hydrogen) atoms. The number of nitrogens with zero attached hydrogens (tertiary/aromatic N) is 3. The standard InChI is InChI=1S/C47H29N3/c1-2-12-33(13-3-1)45-48-46(50-47(49-45)37-23-18-30-10-4-5-14-35(30)28-37)34-21-19-32(20-22-34)43-29-36-15-7-9-17-39(36)44-41-25-24-31-11-6-8-16-38(31)40(41)26-27-42(43)44/h1-29H. The molecule has 10 rings (SSSR count). The van der Waals surface area contributed by atoms with E-state index < -0.39 is 0 Å². The van der Waals surface area contributed by atoms with Gasteiger partial charge in [-0.25, -0.2) is 15.0 Å². The second-order valence-electron chi connectivity index (χ2n) is 12.8. The number of hydrogen-bond acceptors (Lipinski definition) is 3. The van der Waals surface area contributed by atoms with Gasteiger partial charge in [0.1, 0.15) is 0 Å². The fraction of sp³-hybridized carbons (Fsp3) is 0. The van der Waals surface area contributed by atoms with Crippen LogP contribution in [0.3, 0.4) is 0 Å². The zero-order valence-electron chi connectivity index (χ0n) is 27.1. The molecule has 0 atom stereocenters. The number of benzene rings is 9. The summed E-state index contributed by atoms with van der Waals surface area (Å²) in [5.41, 5.74) is 5.22. The number of hydrogen-bond donors (Lipinski definition) is 0. The fourth-order valence-electron chi connectivity index (χ4n) is 7.40. The maximum absolute atomic E-state index is 5.04. The van der Waals surface area contributed by atoms with Crippen molar-refractivity contribution in [3.05, 3.63) is 176 Å². The summed E-state index contributed by atoms with van der Waals surface area (Å²) >= 11 is 0. The Labute approximate surface area is 289 Å². The van der Waals surface area contributed by atoms with E-state index in [1.54, 1.807) is 0 Å². The summed E-state index contributed by atoms with van der Waals surface area (Å²) in [4.78, 5) is 15.0. The van der Waals surface area contributed by atoms with Crippen LogP contribution in [-0.2, 0) is 0 Å². The van der Waals surface area contributed by atoms with Crippen molar-refractivity contribution < 1.29 is 0 Å². The molecular formula is C47H29N3. The van der Waals surface area contributed by atoms with Gasteiger partial charge in [0.2, 0.25) is 0 Å². The minimum Gasteiger partial charge on any atom is -0.208 e. The maximum atomic E-state index is 5.04. The van der Waals surface area contributed by atoms with Crippen molar-refractivity contribution in [1.29, 1.82) is 0 Å². The van der Waals surface area contributed by atoms with E-state index in [2.05, 4.69) is 146 Å². The summed E-state index contributed by atoms with van der Waals surface area (Å²) in [7, 11) is 0. The van der Waals surface area contributed by atoms with Crippen LogP contribution in [0.5, 0.6) is 0 Å². The molecule has 0 N–H and O–H groups in total. The first-order valence-corrected chi connectivity index (χ1v) is 16.9. The van der Waals surface area contributed by atoms with Crippen molar-refractivity contribution in [2.75, 3.05) is 0 Å². The summed E-state index contributed by atoms with van der Waals surface area (Å²) in [6, 6.07) is 62.4. The Hall–Kier alpha value is -6.71. The van der Waals surface area contributed by atoms with Crippen molar-refractivity contribution in [2.45, 2.75) is 0 Å². The molecule has 0 spiro atoms. The Kier molecular flexibility index (Phi) is 6.49. The van der Waals surface area contributed by atoms with Crippen LogP contribution in [0.4, 0.5) is 0 Å². The highest BCUT2D eigenvalue weighted by Crippen LogP contribution is 2.41. The maximum Gasteiger partial charge on any atom is 0.164 e. The van der Waals surface area contributed by atoms with Crippen LogP contribution in [-0.4, -0.2) is 15.0 Å². The van der Waals surface area contributed by atoms with E-state index in [0.29, 0.717) is 17.5 Å². The second kappa shape index (κ2) is 11.5. The van der Waals surface area contributed by atoms with E-state index in [9.17, 15) is 0 Å². The Morgan fingerprint density at radius 1 is 0.260 bits per heavy atom. The first kappa shape index (κ1) is 28.3. The van der Waals surface area contributed by atoms with Crippen LogP contribution >= 0.6 is 0 Å². The molecule has 0 radical (unpaired) electrons. The molecule has 1 aromatic heterocycles. The van der Waals surface area contributed by atoms with E-state index in [1.807, 2.05) is 30.3 Å². The van der Waals surface area contributed by atoms with Crippen molar-refractivity contribution in [3.63, 3.8) is 0 Å². The smallest absolute Gasteiger partial charge is 0.164 e. The zero-order valence-corrected chi connectivity index (χ0v) is 27.1. The second-order valence-corrected chi connectivity index (χ2v) is 12.8. The molecule has 0 saturated heterocycles. The first-order chi connectivity index (χ1) is 24.8. The van der Waals surface area contributed by atoms with Gasteiger partial charge in [-0.15, -0.1) is 0 Å². The summed E-state index contributed by atoms with van der Waals surface area (Å²) < 4.78 is 0. The van der Waals surface area contributed by atoms with Crippen molar-refractivity contribution in [1.82, 2.24) is 15.0 Å². The van der Waals surface area contributed by atoms with E-state index in [0.717, 1.165) is 27.6 Å². The quantitative estimate of drug-likeness (QED) is 0.181. The SMILES string of the molecule is c1ccc(-c2nc(-c3ccc(-c4cc5ccccc5c5c4ccc4c6ccccc6ccc45)cc3)nc(-c3ccc4ccccc4c3)n2)cc1. The summed E-state index contributed by atoms with van der Waals surface area (Å²) in [6.07, 6.45) is 0. The lowest BCUT2D eigenvalue weighted by Crippen LogP contribution is -2.00. The molecule has 0 aliphatic rings. The lowest BCUT2D eigenvalue weighted by Gasteiger charge is -2.15. The molecule has 232 valence electrons. The number of rotatable bonds is 4. The number of aromatic nitrogens is 3. The molecule has 0 bridgehead atoms. The summed E-state index contributed by atoms with van der Waals surface area (Å²) in [6.45, 7) is 0. The molecule has 0 aliphatic heterocycles. The average Bonchev–Trinajstić information content (AvgIpc) is 3.20. The van der Waals surface area contributed by atoms with E-state index in [1.165, 1.54) is 54.0 Å². The molecule has 9 aromatic carbocycles. The predicted octanol–water partition coefficient (Wildman–Crippen LogP) is 12.3. The van der Waals surface area contributed by atoms with Gasteiger partial charge in [-0.2, -0.15) is 0 Å². The summed E-state index contributed by atoms with van der Waals surface area (Å²) in [5.74, 6) is 1.96. The Bertz CT molecular complexity index is 2910. The lowest BCUT2D eigenvalue weighted by molar-refractivity contribution is 1.07. The van der Waals surface area contributed by atoms with Crippen molar-refractivity contribution in [2.24, 2.45) is 0 Å². The van der Waals surface area contributed by atoms with Crippen LogP contribution in [0.2, 0.25) is 0 Å². The van der Waals surface area contributed by atoms with Crippen LogP contribution in [0, 0.1) is 0 Å². The van der Waals surface area contributed by atoms with Crippen molar-refractivity contribution >= 4 is 53.9 Å². The van der Waals surface area contributed by atoms with Gasteiger partial charge in [-0.3, -0.25) is 0 Å². The van der Waals surface area contributed by atoms with Gasteiger partial charge in [0.05, 0.1) is 0 Å². The Morgan fingerprint density at radius 2 is 0.780 bits per heavy atom. The summed E-state index contributed by atoms with van der Waals surface area (Å²) in [5, 5.41) is 12.4. The van der Waals surface area contributed by atoms with Crippen LogP contribution < -0.4 is 0 Å². The molecule has 0 unspecified atom stereocenters. The highest BCUT2D eigenvalue weighted by atomic mass is 15.0. The molecule has 3 nitrogen and oxygen atoms in total. The van der Waals surface area contributed by atoms with Gasteiger partial charge in [0.25, 0.3) is 0 Å². The molecule has 0 amide bonds. The molecule has 1 heterocycles. The van der Waals surface area contributed by atoms with Gasteiger partial charge in [0, 0.05) is 16.7 Å². The molecule has 0 fully saturated rings. The van der Waals surface area contributed by atoms with Crippen LogP contribution in [0.15, 0.2) is 176 Å². The monoisotopic (exact) mass is 635 g/mol. The largest absolute Gasteiger partial charge is 0.208 e. The first-order valence-electron chi connectivity index (χ1n) is 16.9. The van der Waals surface area contributed by atoms with E-state index in [-0.39, 0.29) is 0 Å². The van der Waals surface area contributed by atoms with Crippen molar-refractivity contribution in [3.8, 4) is 45.3 Å². The van der Waals surface area contributed by atoms with Gasteiger partial charge < -0.3 is 0 Å². The number of fused-ring (bicyclic) bond motifs is 8. The van der Waals surface area contributed by atoms with Crippen LogP contribution in [0.25, 0.3) is 99.2 Å². The van der Waals surface area contributed by atoms with Gasteiger partial charge in [0.15, 0.2) is 17.5 Å². The Balaban J connectivity index is 1.13. The average molecular weight is 636 g/mol. The van der Waals surface area contributed by atoms with Gasteiger partial charge in [-0.1, -0.05) is 164 Å². The predicted molar refractivity (Wildman–Crippen MR) is 209 cm³/mol. The van der Waals surface area contributed by atoms with Crippen LogP contribution in [0.1, 0.15) is 0 Å². The minimum atomic E-state index is 0.648. The Morgan fingerprint density at radius 3 is 1.56 bits per heavy atom. The highest BCUT2D eigenvalue weighted by Gasteiger charge is 2.15.